The number of aromatic nitrogens is 2. The van der Waals surface area contributed by atoms with Gasteiger partial charge in [0.15, 0.2) is 0 Å². The summed E-state index contributed by atoms with van der Waals surface area (Å²) in [6.45, 7) is 0. The van der Waals surface area contributed by atoms with Crippen LogP contribution in [0.2, 0.25) is 10.3 Å². The molecule has 0 atom stereocenters. The van der Waals surface area contributed by atoms with Gasteiger partial charge < -0.3 is 8.96 Å². The SMILES string of the molecule is FB(F)n1c(Cl)ccc1/C=N/N=C/c1ccc(Cl)n1B(F)F. The van der Waals surface area contributed by atoms with Crippen LogP contribution in [0.15, 0.2) is 34.5 Å². The van der Waals surface area contributed by atoms with Crippen LogP contribution in [0.5, 0.6) is 0 Å². The molecule has 22 heavy (non-hydrogen) atoms. The van der Waals surface area contributed by atoms with Gasteiger partial charge in [-0.15, -0.1) is 0 Å². The zero-order valence-electron chi connectivity index (χ0n) is 10.7. The Morgan fingerprint density at radius 1 is 0.773 bits per heavy atom. The first-order valence-electron chi connectivity index (χ1n) is 5.78. The van der Waals surface area contributed by atoms with Crippen molar-refractivity contribution in [3.05, 3.63) is 46.0 Å². The highest BCUT2D eigenvalue weighted by molar-refractivity contribution is 6.45. The van der Waals surface area contributed by atoms with Crippen LogP contribution in [0, 0.1) is 0 Å². The fourth-order valence-corrected chi connectivity index (χ4v) is 2.15. The molecule has 0 aliphatic carbocycles. The lowest BCUT2D eigenvalue weighted by molar-refractivity contribution is 0.628. The van der Waals surface area contributed by atoms with Crippen molar-refractivity contribution in [2.75, 3.05) is 0 Å². The molecule has 2 heterocycles. The van der Waals surface area contributed by atoms with Crippen molar-refractivity contribution in [1.82, 2.24) is 8.96 Å². The quantitative estimate of drug-likeness (QED) is 0.342. The van der Waals surface area contributed by atoms with Gasteiger partial charge in [-0.1, -0.05) is 23.2 Å². The summed E-state index contributed by atoms with van der Waals surface area (Å²) in [7, 11) is -5.66. The van der Waals surface area contributed by atoms with E-state index in [-0.39, 0.29) is 21.7 Å². The van der Waals surface area contributed by atoms with Gasteiger partial charge >= 0.3 is 14.8 Å². The van der Waals surface area contributed by atoms with Crippen molar-refractivity contribution in [1.29, 1.82) is 0 Å². The maximum atomic E-state index is 12.7. The molecule has 114 valence electrons. The van der Waals surface area contributed by atoms with E-state index >= 15 is 0 Å². The fraction of sp³-hybridized carbons (Fsp3) is 0. The number of rotatable bonds is 5. The van der Waals surface area contributed by atoms with Crippen LogP contribution in [-0.4, -0.2) is 36.2 Å². The molecule has 0 N–H and O–H groups in total. The second-order valence-corrected chi connectivity index (χ2v) is 4.72. The molecule has 0 saturated heterocycles. The van der Waals surface area contributed by atoms with E-state index in [0.29, 0.717) is 8.96 Å². The van der Waals surface area contributed by atoms with Crippen molar-refractivity contribution >= 4 is 50.4 Å². The molecule has 0 radical (unpaired) electrons. The summed E-state index contributed by atoms with van der Waals surface area (Å²) in [5, 5.41) is 6.76. The van der Waals surface area contributed by atoms with Crippen LogP contribution in [0.1, 0.15) is 11.4 Å². The summed E-state index contributed by atoms with van der Waals surface area (Å²) in [4.78, 5) is 0. The van der Waals surface area contributed by atoms with Gasteiger partial charge in [0, 0.05) is 0 Å². The Bertz CT molecular complexity index is 654. The van der Waals surface area contributed by atoms with Gasteiger partial charge in [0.05, 0.1) is 23.8 Å². The molecular weight excluding hydrogens is 345 g/mol. The van der Waals surface area contributed by atoms with E-state index in [9.17, 15) is 17.3 Å². The highest BCUT2D eigenvalue weighted by Gasteiger charge is 2.23. The Kier molecular flexibility index (Phi) is 5.36. The smallest absolute Gasteiger partial charge is 0.315 e. The largest absolute Gasteiger partial charge is 0.678 e. The van der Waals surface area contributed by atoms with Crippen LogP contribution in [0.3, 0.4) is 0 Å². The predicted octanol–water partition coefficient (Wildman–Crippen LogP) is 3.59. The minimum Gasteiger partial charge on any atom is -0.315 e. The molecule has 0 fully saturated rings. The molecule has 0 aliphatic heterocycles. The zero-order chi connectivity index (χ0) is 16.3. The third-order valence-corrected chi connectivity index (χ3v) is 3.25. The van der Waals surface area contributed by atoms with Gasteiger partial charge in [0.2, 0.25) is 0 Å². The standard InChI is InChI=1S/C10H6B2Cl2F4N4/c13-9-3-1-7(21(9)11(15)16)5-19-20-6-8-2-4-10(14)22(8)12(17)18/h1-6H/b19-5+,20-6+. The van der Waals surface area contributed by atoms with Crippen LogP contribution in [0.4, 0.5) is 17.3 Å². The highest BCUT2D eigenvalue weighted by atomic mass is 35.5. The minimum absolute atomic E-state index is 0.0272. The zero-order valence-corrected chi connectivity index (χ0v) is 12.2. The Labute approximate surface area is 133 Å². The summed E-state index contributed by atoms with van der Waals surface area (Å²) >= 11 is 11.2. The maximum Gasteiger partial charge on any atom is 0.678 e. The van der Waals surface area contributed by atoms with E-state index in [1.165, 1.54) is 24.3 Å². The van der Waals surface area contributed by atoms with Crippen molar-refractivity contribution < 1.29 is 17.3 Å². The Balaban J connectivity index is 2.17. The summed E-state index contributed by atoms with van der Waals surface area (Å²) in [6.07, 6.45) is 2.07. The lowest BCUT2D eigenvalue weighted by Gasteiger charge is -2.02. The van der Waals surface area contributed by atoms with E-state index in [1.54, 1.807) is 0 Å². The molecule has 2 rings (SSSR count). The molecule has 2 aromatic heterocycles. The molecule has 0 spiro atoms. The fourth-order valence-electron chi connectivity index (χ4n) is 1.68. The van der Waals surface area contributed by atoms with E-state index < -0.39 is 14.8 Å². The monoisotopic (exact) mass is 350 g/mol. The van der Waals surface area contributed by atoms with Gasteiger partial charge in [0.1, 0.15) is 10.3 Å². The van der Waals surface area contributed by atoms with Crippen LogP contribution >= 0.6 is 23.2 Å². The molecule has 0 unspecified atom stereocenters. The van der Waals surface area contributed by atoms with Crippen molar-refractivity contribution in [3.8, 4) is 0 Å². The van der Waals surface area contributed by atoms with Gasteiger partial charge in [-0.25, -0.2) is 0 Å². The highest BCUT2D eigenvalue weighted by Crippen LogP contribution is 2.16. The topological polar surface area (TPSA) is 34.6 Å². The molecule has 2 aromatic rings. The van der Waals surface area contributed by atoms with Crippen molar-refractivity contribution in [3.63, 3.8) is 0 Å². The van der Waals surface area contributed by atoms with Crippen LogP contribution < -0.4 is 0 Å². The molecule has 0 aliphatic rings. The second-order valence-electron chi connectivity index (χ2n) is 3.95. The van der Waals surface area contributed by atoms with Gasteiger partial charge in [-0.2, -0.15) is 10.2 Å². The number of hydrogen-bond acceptors (Lipinski definition) is 2. The van der Waals surface area contributed by atoms with E-state index in [1.807, 2.05) is 0 Å². The molecule has 12 heteroatoms. The molecule has 0 aromatic carbocycles. The first-order chi connectivity index (χ1) is 10.4. The summed E-state index contributed by atoms with van der Waals surface area (Å²) < 4.78 is 52.0. The first kappa shape index (κ1) is 16.7. The number of halogens is 6. The lowest BCUT2D eigenvalue weighted by Crippen LogP contribution is -2.16. The predicted molar refractivity (Wildman–Crippen MR) is 80.8 cm³/mol. The summed E-state index contributed by atoms with van der Waals surface area (Å²) in [5.74, 6) is 0. The van der Waals surface area contributed by atoms with Crippen LogP contribution in [-0.2, 0) is 0 Å². The van der Waals surface area contributed by atoms with Crippen LogP contribution in [0.25, 0.3) is 0 Å². The first-order valence-corrected chi connectivity index (χ1v) is 6.53. The Hall–Kier alpha value is -1.67. The average Bonchev–Trinajstić information content (AvgIpc) is 2.98. The molecule has 4 nitrogen and oxygen atoms in total. The molecular formula is C10H6B2Cl2F4N4. The third kappa shape index (κ3) is 3.56. The van der Waals surface area contributed by atoms with Gasteiger partial charge in [0.25, 0.3) is 0 Å². The Morgan fingerprint density at radius 3 is 1.45 bits per heavy atom. The second kappa shape index (κ2) is 7.06. The average molecular weight is 351 g/mol. The lowest BCUT2D eigenvalue weighted by atomic mass is 10.2. The van der Waals surface area contributed by atoms with Gasteiger partial charge in [-0.05, 0) is 24.3 Å². The van der Waals surface area contributed by atoms with Gasteiger partial charge in [-0.3, -0.25) is 17.3 Å². The molecule has 0 amide bonds. The molecule has 0 saturated carbocycles. The number of nitrogens with zero attached hydrogens (tertiary/aromatic N) is 4. The van der Waals surface area contributed by atoms with E-state index in [2.05, 4.69) is 10.2 Å². The van der Waals surface area contributed by atoms with Crippen molar-refractivity contribution in [2.45, 2.75) is 0 Å². The van der Waals surface area contributed by atoms with Crippen molar-refractivity contribution in [2.24, 2.45) is 10.2 Å². The summed E-state index contributed by atoms with van der Waals surface area (Å²) in [6, 6.07) is 5.21. The van der Waals surface area contributed by atoms with E-state index in [0.717, 1.165) is 12.4 Å². The molecule has 0 bridgehead atoms. The normalized spacial score (nSPS) is 11.7. The minimum atomic E-state index is -2.83. The van der Waals surface area contributed by atoms with E-state index in [4.69, 9.17) is 23.2 Å². The third-order valence-electron chi connectivity index (χ3n) is 2.64. The number of hydrogen-bond donors (Lipinski definition) is 0. The summed E-state index contributed by atoms with van der Waals surface area (Å²) in [5.41, 5.74) is 0.0545. The maximum absolute atomic E-state index is 12.7. The Morgan fingerprint density at radius 2 is 1.14 bits per heavy atom.